The lowest BCUT2D eigenvalue weighted by Gasteiger charge is -2.28. The third-order valence-corrected chi connectivity index (χ3v) is 6.76. The Bertz CT molecular complexity index is 802. The van der Waals surface area contributed by atoms with Gasteiger partial charge in [0.1, 0.15) is 0 Å². The molecule has 0 bridgehead atoms. The summed E-state index contributed by atoms with van der Waals surface area (Å²) >= 11 is 0. The highest BCUT2D eigenvalue weighted by Crippen LogP contribution is 2.40. The van der Waals surface area contributed by atoms with E-state index in [1.165, 1.54) is 22.3 Å². The van der Waals surface area contributed by atoms with Gasteiger partial charge < -0.3 is 0 Å². The van der Waals surface area contributed by atoms with Crippen LogP contribution in [0.3, 0.4) is 0 Å². The van der Waals surface area contributed by atoms with E-state index in [4.69, 9.17) is 0 Å². The molecule has 2 aromatic carbocycles. The second-order valence-electron chi connectivity index (χ2n) is 11.4. The van der Waals surface area contributed by atoms with E-state index in [2.05, 4.69) is 107 Å². The largest absolute Gasteiger partial charge is 0.0587 e. The van der Waals surface area contributed by atoms with E-state index >= 15 is 0 Å². The lowest BCUT2D eigenvalue weighted by Crippen LogP contribution is -2.12. The summed E-state index contributed by atoms with van der Waals surface area (Å²) in [5, 5.41) is 0. The SMILES string of the molecule is CC(C)c1ccc(Cc2ccc(C(C)C)c(C(C)C)c2C(C)C)c(C(C)C)c1C(C)C. The van der Waals surface area contributed by atoms with E-state index in [0.29, 0.717) is 35.5 Å². The Morgan fingerprint density at radius 1 is 0.387 bits per heavy atom. The number of benzene rings is 2. The molecule has 0 nitrogen and oxygen atoms in total. The van der Waals surface area contributed by atoms with Crippen LogP contribution in [0.2, 0.25) is 0 Å². The fourth-order valence-electron chi connectivity index (χ4n) is 5.57. The summed E-state index contributed by atoms with van der Waals surface area (Å²) < 4.78 is 0. The summed E-state index contributed by atoms with van der Waals surface area (Å²) in [6.07, 6.45) is 1.04. The maximum Gasteiger partial charge on any atom is -0.00199 e. The predicted octanol–water partition coefficient (Wildman–Crippen LogP) is 10.0. The standard InChI is InChI=1S/C31H48/c1-18(2)26-15-13-24(28(20(5)6)30(26)22(9)10)17-25-14-16-27(19(3)4)31(23(11)12)29(25)21(7)8/h13-16,18-23H,17H2,1-12H3. The molecule has 0 saturated heterocycles. The molecule has 0 fully saturated rings. The fraction of sp³-hybridized carbons (Fsp3) is 0.613. The monoisotopic (exact) mass is 420 g/mol. The van der Waals surface area contributed by atoms with Gasteiger partial charge in [-0.15, -0.1) is 0 Å². The van der Waals surface area contributed by atoms with Crippen LogP contribution in [0.5, 0.6) is 0 Å². The third-order valence-electron chi connectivity index (χ3n) is 6.76. The maximum absolute atomic E-state index is 2.44. The zero-order chi connectivity index (χ0) is 23.6. The van der Waals surface area contributed by atoms with Crippen LogP contribution in [0, 0.1) is 0 Å². The Morgan fingerprint density at radius 3 is 0.903 bits per heavy atom. The fourth-order valence-corrected chi connectivity index (χ4v) is 5.57. The summed E-state index contributed by atoms with van der Waals surface area (Å²) in [4.78, 5) is 0. The Morgan fingerprint density at radius 2 is 0.677 bits per heavy atom. The minimum Gasteiger partial charge on any atom is -0.0587 e. The maximum atomic E-state index is 2.44. The molecule has 31 heavy (non-hydrogen) atoms. The lowest BCUT2D eigenvalue weighted by molar-refractivity contribution is 0.730. The minimum absolute atomic E-state index is 0.535. The summed E-state index contributed by atoms with van der Waals surface area (Å²) in [7, 11) is 0. The van der Waals surface area contributed by atoms with Gasteiger partial charge in [-0.2, -0.15) is 0 Å². The first-order chi connectivity index (χ1) is 14.4. The Kier molecular flexibility index (Phi) is 8.60. The average Bonchev–Trinajstić information content (AvgIpc) is 2.65. The van der Waals surface area contributed by atoms with Gasteiger partial charge in [-0.05, 0) is 86.4 Å². The van der Waals surface area contributed by atoms with Crippen molar-refractivity contribution in [1.29, 1.82) is 0 Å². The number of hydrogen-bond acceptors (Lipinski definition) is 0. The molecule has 0 spiro atoms. The van der Waals surface area contributed by atoms with Crippen LogP contribution in [0.15, 0.2) is 24.3 Å². The van der Waals surface area contributed by atoms with Gasteiger partial charge in [0.2, 0.25) is 0 Å². The van der Waals surface area contributed by atoms with Crippen LogP contribution >= 0.6 is 0 Å². The summed E-state index contributed by atoms with van der Waals surface area (Å²) in [6, 6.07) is 9.71. The van der Waals surface area contributed by atoms with Gasteiger partial charge in [0, 0.05) is 0 Å². The molecule has 0 saturated carbocycles. The van der Waals surface area contributed by atoms with Crippen molar-refractivity contribution in [1.82, 2.24) is 0 Å². The Balaban J connectivity index is 2.77. The topological polar surface area (TPSA) is 0 Å². The van der Waals surface area contributed by atoms with Crippen molar-refractivity contribution in [2.24, 2.45) is 0 Å². The van der Waals surface area contributed by atoms with E-state index in [1.54, 1.807) is 22.3 Å². The molecular formula is C31H48. The zero-order valence-corrected chi connectivity index (χ0v) is 22.5. The second kappa shape index (κ2) is 10.4. The molecule has 0 aliphatic carbocycles. The van der Waals surface area contributed by atoms with E-state index < -0.39 is 0 Å². The first kappa shape index (κ1) is 25.7. The van der Waals surface area contributed by atoms with Gasteiger partial charge in [-0.25, -0.2) is 0 Å². The van der Waals surface area contributed by atoms with Crippen LogP contribution < -0.4 is 0 Å². The van der Waals surface area contributed by atoms with Gasteiger partial charge in [-0.1, -0.05) is 107 Å². The quantitative estimate of drug-likeness (QED) is 0.398. The van der Waals surface area contributed by atoms with Crippen LogP contribution in [-0.4, -0.2) is 0 Å². The molecule has 0 heteroatoms. The summed E-state index contributed by atoms with van der Waals surface area (Å²) in [5.41, 5.74) is 12.5. The molecule has 0 radical (unpaired) electrons. The molecule has 0 aromatic heterocycles. The number of rotatable bonds is 8. The summed E-state index contributed by atoms with van der Waals surface area (Å²) in [6.45, 7) is 28.3. The van der Waals surface area contributed by atoms with Crippen molar-refractivity contribution >= 4 is 0 Å². The zero-order valence-electron chi connectivity index (χ0n) is 22.5. The highest BCUT2D eigenvalue weighted by Gasteiger charge is 2.23. The van der Waals surface area contributed by atoms with Crippen molar-refractivity contribution in [2.45, 2.75) is 125 Å². The van der Waals surface area contributed by atoms with E-state index in [-0.39, 0.29) is 0 Å². The van der Waals surface area contributed by atoms with Gasteiger partial charge >= 0.3 is 0 Å². The lowest BCUT2D eigenvalue weighted by atomic mass is 9.77. The van der Waals surface area contributed by atoms with Crippen molar-refractivity contribution in [2.75, 3.05) is 0 Å². The second-order valence-corrected chi connectivity index (χ2v) is 11.4. The van der Waals surface area contributed by atoms with Gasteiger partial charge in [0.15, 0.2) is 0 Å². The van der Waals surface area contributed by atoms with Crippen LogP contribution in [0.25, 0.3) is 0 Å². The molecule has 0 N–H and O–H groups in total. The van der Waals surface area contributed by atoms with Gasteiger partial charge in [0.25, 0.3) is 0 Å². The van der Waals surface area contributed by atoms with E-state index in [9.17, 15) is 0 Å². The molecule has 0 heterocycles. The smallest absolute Gasteiger partial charge is 0.00199 e. The molecule has 0 unspecified atom stereocenters. The average molecular weight is 421 g/mol. The third kappa shape index (κ3) is 5.44. The molecule has 0 amide bonds. The first-order valence-corrected chi connectivity index (χ1v) is 12.7. The molecule has 2 rings (SSSR count). The molecule has 2 aromatic rings. The van der Waals surface area contributed by atoms with E-state index in [0.717, 1.165) is 6.42 Å². The van der Waals surface area contributed by atoms with Crippen molar-refractivity contribution < 1.29 is 0 Å². The van der Waals surface area contributed by atoms with Gasteiger partial charge in [0.05, 0.1) is 0 Å². The minimum atomic E-state index is 0.535. The van der Waals surface area contributed by atoms with Crippen LogP contribution in [0.1, 0.15) is 163 Å². The van der Waals surface area contributed by atoms with Crippen LogP contribution in [0.4, 0.5) is 0 Å². The molecular weight excluding hydrogens is 372 g/mol. The van der Waals surface area contributed by atoms with Crippen molar-refractivity contribution in [3.05, 3.63) is 68.8 Å². The summed E-state index contributed by atoms with van der Waals surface area (Å²) in [5.74, 6) is 3.30. The Hall–Kier alpha value is -1.56. The van der Waals surface area contributed by atoms with Crippen LogP contribution in [-0.2, 0) is 6.42 Å². The van der Waals surface area contributed by atoms with Crippen molar-refractivity contribution in [3.8, 4) is 0 Å². The molecule has 0 aliphatic rings. The first-order valence-electron chi connectivity index (χ1n) is 12.7. The highest BCUT2D eigenvalue weighted by atomic mass is 14.3. The molecule has 172 valence electrons. The highest BCUT2D eigenvalue weighted by molar-refractivity contribution is 5.51. The Labute approximate surface area is 193 Å². The molecule has 0 atom stereocenters. The molecule has 0 aliphatic heterocycles. The van der Waals surface area contributed by atoms with Crippen molar-refractivity contribution in [3.63, 3.8) is 0 Å². The normalized spacial score (nSPS) is 12.5. The number of hydrogen-bond donors (Lipinski definition) is 0. The predicted molar refractivity (Wildman–Crippen MR) is 140 cm³/mol. The van der Waals surface area contributed by atoms with Gasteiger partial charge in [-0.3, -0.25) is 0 Å². The van der Waals surface area contributed by atoms with E-state index in [1.807, 2.05) is 0 Å².